The average molecular weight is 218 g/mol. The van der Waals surface area contributed by atoms with Crippen molar-refractivity contribution < 1.29 is 19.1 Å². The van der Waals surface area contributed by atoms with Crippen LogP contribution in [0.25, 0.3) is 5.76 Å². The second-order valence-corrected chi connectivity index (χ2v) is 3.32. The topological polar surface area (TPSA) is 52.6 Å². The van der Waals surface area contributed by atoms with E-state index in [1.807, 2.05) is 0 Å². The van der Waals surface area contributed by atoms with Crippen LogP contribution in [0.1, 0.15) is 15.9 Å². The van der Waals surface area contributed by atoms with E-state index < -0.39 is 11.6 Å². The van der Waals surface area contributed by atoms with Crippen LogP contribution >= 0.6 is 0 Å². The van der Waals surface area contributed by atoms with Gasteiger partial charge in [-0.3, -0.25) is 9.59 Å². The van der Waals surface area contributed by atoms with E-state index in [9.17, 15) is 9.59 Å². The van der Waals surface area contributed by atoms with Gasteiger partial charge >= 0.3 is 0 Å². The van der Waals surface area contributed by atoms with Crippen LogP contribution in [0.4, 0.5) is 0 Å². The van der Waals surface area contributed by atoms with E-state index in [1.54, 1.807) is 18.2 Å². The molecule has 1 aromatic rings. The quantitative estimate of drug-likeness (QED) is 0.705. The summed E-state index contributed by atoms with van der Waals surface area (Å²) in [5.74, 6) is -0.160. The minimum absolute atomic E-state index is 0.323. The van der Waals surface area contributed by atoms with Crippen LogP contribution in [0.15, 0.2) is 24.3 Å². The maximum atomic E-state index is 11.6. The van der Waals surface area contributed by atoms with Crippen LogP contribution in [-0.2, 0) is 9.53 Å². The Hall–Kier alpha value is -2.10. The molecule has 4 heteroatoms. The Kier molecular flexibility index (Phi) is 2.48. The van der Waals surface area contributed by atoms with Crippen molar-refractivity contribution in [3.05, 3.63) is 35.4 Å². The Morgan fingerprint density at radius 3 is 2.38 bits per heavy atom. The number of ketones is 2. The molecule has 0 bridgehead atoms. The van der Waals surface area contributed by atoms with Crippen molar-refractivity contribution in [2.45, 2.75) is 0 Å². The minimum Gasteiger partial charge on any atom is -0.497 e. The van der Waals surface area contributed by atoms with Crippen LogP contribution in [0.2, 0.25) is 0 Å². The third kappa shape index (κ3) is 1.48. The minimum atomic E-state index is -0.572. The van der Waals surface area contributed by atoms with Crippen molar-refractivity contribution in [1.82, 2.24) is 0 Å². The molecular weight excluding hydrogens is 208 g/mol. The van der Waals surface area contributed by atoms with Gasteiger partial charge in [-0.15, -0.1) is 0 Å². The number of hydrogen-bond acceptors (Lipinski definition) is 4. The Morgan fingerprint density at radius 2 is 1.75 bits per heavy atom. The lowest BCUT2D eigenvalue weighted by Gasteiger charge is -2.15. The summed E-state index contributed by atoms with van der Waals surface area (Å²) in [7, 11) is 2.97. The predicted molar refractivity (Wildman–Crippen MR) is 57.3 cm³/mol. The van der Waals surface area contributed by atoms with Crippen molar-refractivity contribution >= 4 is 17.3 Å². The molecule has 1 aromatic carbocycles. The molecule has 4 nitrogen and oxygen atoms in total. The van der Waals surface area contributed by atoms with Crippen LogP contribution in [0, 0.1) is 0 Å². The maximum absolute atomic E-state index is 11.6. The van der Waals surface area contributed by atoms with Gasteiger partial charge in [0.15, 0.2) is 0 Å². The largest absolute Gasteiger partial charge is 0.497 e. The molecule has 0 saturated heterocycles. The third-order valence-corrected chi connectivity index (χ3v) is 2.44. The Labute approximate surface area is 92.5 Å². The molecule has 0 N–H and O–H groups in total. The molecule has 0 heterocycles. The third-order valence-electron chi connectivity index (χ3n) is 2.44. The lowest BCUT2D eigenvalue weighted by Crippen LogP contribution is -2.19. The number of benzene rings is 1. The fourth-order valence-corrected chi connectivity index (χ4v) is 1.62. The first-order chi connectivity index (χ1) is 7.67. The fraction of sp³-hybridized carbons (Fsp3) is 0.167. The van der Waals surface area contributed by atoms with Gasteiger partial charge in [0.1, 0.15) is 11.5 Å². The van der Waals surface area contributed by atoms with E-state index >= 15 is 0 Å². The molecule has 0 aliphatic heterocycles. The van der Waals surface area contributed by atoms with Gasteiger partial charge in [0.25, 0.3) is 0 Å². The van der Waals surface area contributed by atoms with Gasteiger partial charge in [-0.05, 0) is 18.2 Å². The van der Waals surface area contributed by atoms with E-state index in [2.05, 4.69) is 0 Å². The molecule has 0 spiro atoms. The summed E-state index contributed by atoms with van der Waals surface area (Å²) < 4.78 is 10.1. The van der Waals surface area contributed by atoms with Crippen molar-refractivity contribution in [1.29, 1.82) is 0 Å². The van der Waals surface area contributed by atoms with E-state index in [0.717, 1.165) is 0 Å². The highest BCUT2D eigenvalue weighted by atomic mass is 16.5. The first-order valence-corrected chi connectivity index (χ1v) is 4.70. The van der Waals surface area contributed by atoms with Crippen molar-refractivity contribution in [3.8, 4) is 5.75 Å². The zero-order valence-electron chi connectivity index (χ0n) is 8.94. The number of Topliss-reactive ketones (excluding diaryl/α,β-unsaturated/α-hetero) is 1. The molecule has 0 unspecified atom stereocenters. The van der Waals surface area contributed by atoms with E-state index in [4.69, 9.17) is 9.47 Å². The maximum Gasteiger partial charge on any atom is 0.233 e. The number of allylic oxidation sites excluding steroid dienone is 1. The van der Waals surface area contributed by atoms with Gasteiger partial charge in [0.2, 0.25) is 11.6 Å². The molecule has 0 fully saturated rings. The predicted octanol–water partition coefficient (Wildman–Crippen LogP) is 1.45. The van der Waals surface area contributed by atoms with E-state index in [1.165, 1.54) is 20.3 Å². The van der Waals surface area contributed by atoms with E-state index in [-0.39, 0.29) is 0 Å². The van der Waals surface area contributed by atoms with Crippen LogP contribution < -0.4 is 4.74 Å². The highest BCUT2D eigenvalue weighted by Crippen LogP contribution is 2.28. The van der Waals surface area contributed by atoms with Gasteiger partial charge in [-0.1, -0.05) is 0 Å². The van der Waals surface area contributed by atoms with Gasteiger partial charge in [-0.25, -0.2) is 0 Å². The first kappa shape index (κ1) is 10.4. The Morgan fingerprint density at radius 1 is 1.00 bits per heavy atom. The molecule has 1 aliphatic carbocycles. The summed E-state index contributed by atoms with van der Waals surface area (Å²) in [6.45, 7) is 0. The number of carbonyl (C=O) groups excluding carboxylic acids is 2. The molecule has 16 heavy (non-hydrogen) atoms. The number of ether oxygens (including phenoxy) is 2. The van der Waals surface area contributed by atoms with Crippen molar-refractivity contribution in [2.75, 3.05) is 14.2 Å². The molecular formula is C12H10O4. The van der Waals surface area contributed by atoms with Crippen molar-refractivity contribution in [3.63, 3.8) is 0 Å². The number of carbonyl (C=O) groups is 2. The molecule has 0 amide bonds. The zero-order chi connectivity index (χ0) is 11.7. The highest BCUT2D eigenvalue weighted by molar-refractivity contribution is 6.50. The average Bonchev–Trinajstić information content (AvgIpc) is 2.33. The molecule has 0 atom stereocenters. The normalized spacial score (nSPS) is 14.2. The molecule has 0 saturated carbocycles. The van der Waals surface area contributed by atoms with Gasteiger partial charge in [0, 0.05) is 17.2 Å². The smallest absolute Gasteiger partial charge is 0.233 e. The molecule has 0 radical (unpaired) electrons. The monoisotopic (exact) mass is 218 g/mol. The number of fused-ring (bicyclic) bond motifs is 1. The molecule has 82 valence electrons. The second-order valence-electron chi connectivity index (χ2n) is 3.32. The lowest BCUT2D eigenvalue weighted by molar-refractivity contribution is -0.111. The van der Waals surface area contributed by atoms with Gasteiger partial charge < -0.3 is 9.47 Å². The summed E-state index contributed by atoms with van der Waals surface area (Å²) in [6.07, 6.45) is 1.21. The first-order valence-electron chi connectivity index (χ1n) is 4.70. The fourth-order valence-electron chi connectivity index (χ4n) is 1.62. The zero-order valence-corrected chi connectivity index (χ0v) is 8.94. The van der Waals surface area contributed by atoms with Gasteiger partial charge in [0.05, 0.1) is 14.2 Å². The number of hydrogen-bond donors (Lipinski definition) is 0. The standard InChI is InChI=1S/C12H10O4/c1-15-7-3-4-8-9(5-7)12(14)10(13)6-11(8)16-2/h3-6H,1-2H3. The SMILES string of the molecule is COC1=CC(=O)C(=O)c2cc(OC)ccc21. The van der Waals surface area contributed by atoms with Crippen LogP contribution in [0.3, 0.4) is 0 Å². The van der Waals surface area contributed by atoms with Gasteiger partial charge in [-0.2, -0.15) is 0 Å². The summed E-state index contributed by atoms with van der Waals surface area (Å²) in [4.78, 5) is 23.0. The molecule has 0 aromatic heterocycles. The Balaban J connectivity index is 2.62. The lowest BCUT2D eigenvalue weighted by atomic mass is 9.93. The summed E-state index contributed by atoms with van der Waals surface area (Å²) in [6, 6.07) is 4.96. The summed E-state index contributed by atoms with van der Waals surface area (Å²) in [5, 5.41) is 0. The second kappa shape index (κ2) is 3.81. The molecule has 2 rings (SSSR count). The summed E-state index contributed by atoms with van der Waals surface area (Å²) in [5.41, 5.74) is 0.941. The molecule has 1 aliphatic rings. The van der Waals surface area contributed by atoms with Crippen LogP contribution in [-0.4, -0.2) is 25.8 Å². The Bertz CT molecular complexity index is 500. The summed E-state index contributed by atoms with van der Waals surface area (Å²) >= 11 is 0. The van der Waals surface area contributed by atoms with E-state index in [0.29, 0.717) is 22.6 Å². The van der Waals surface area contributed by atoms with Crippen LogP contribution in [0.5, 0.6) is 5.75 Å². The van der Waals surface area contributed by atoms with Crippen molar-refractivity contribution in [2.24, 2.45) is 0 Å². The number of methoxy groups -OCH3 is 2. The number of rotatable bonds is 2. The highest BCUT2D eigenvalue weighted by Gasteiger charge is 2.26.